The molecular formula is C19H17NO4. The number of hydrogen-bond acceptors (Lipinski definition) is 4. The normalized spacial score (nSPS) is 10.6. The predicted molar refractivity (Wildman–Crippen MR) is 90.1 cm³/mol. The van der Waals surface area contributed by atoms with Gasteiger partial charge in [-0.15, -0.1) is 0 Å². The minimum atomic E-state index is -0.433. The van der Waals surface area contributed by atoms with Crippen LogP contribution in [0.15, 0.2) is 54.7 Å². The van der Waals surface area contributed by atoms with Crippen molar-refractivity contribution in [1.82, 2.24) is 4.57 Å². The van der Waals surface area contributed by atoms with E-state index in [2.05, 4.69) is 0 Å². The van der Waals surface area contributed by atoms with Gasteiger partial charge in [0.2, 0.25) is 0 Å². The molecule has 3 aromatic rings. The van der Waals surface area contributed by atoms with Crippen molar-refractivity contribution in [3.8, 4) is 5.75 Å². The average Bonchev–Trinajstić information content (AvgIpc) is 2.95. The molecule has 0 fully saturated rings. The van der Waals surface area contributed by atoms with Crippen LogP contribution in [0, 0.1) is 6.92 Å². The summed E-state index contributed by atoms with van der Waals surface area (Å²) < 4.78 is 11.8. The second-order valence-corrected chi connectivity index (χ2v) is 5.47. The second kappa shape index (κ2) is 6.58. The lowest BCUT2D eigenvalue weighted by Crippen LogP contribution is -2.15. The van der Waals surface area contributed by atoms with Crippen LogP contribution in [0.4, 0.5) is 0 Å². The zero-order valence-corrected chi connectivity index (χ0v) is 13.5. The van der Waals surface area contributed by atoms with Crippen molar-refractivity contribution < 1.29 is 19.1 Å². The van der Waals surface area contributed by atoms with Gasteiger partial charge in [-0.2, -0.15) is 0 Å². The lowest BCUT2D eigenvalue weighted by molar-refractivity contribution is -0.134. The number of carbonyl (C=O) groups excluding carboxylic acids is 2. The number of benzene rings is 2. The van der Waals surface area contributed by atoms with Crippen molar-refractivity contribution in [2.75, 3.05) is 7.11 Å². The average molecular weight is 323 g/mol. The summed E-state index contributed by atoms with van der Waals surface area (Å²) in [6.07, 6.45) is 1.62. The monoisotopic (exact) mass is 323 g/mol. The van der Waals surface area contributed by atoms with E-state index >= 15 is 0 Å². The van der Waals surface area contributed by atoms with Gasteiger partial charge < -0.3 is 14.0 Å². The highest BCUT2D eigenvalue weighted by molar-refractivity contribution is 6.04. The fourth-order valence-corrected chi connectivity index (χ4v) is 2.56. The lowest BCUT2D eigenvalue weighted by Gasteiger charge is -2.06. The first-order valence-electron chi connectivity index (χ1n) is 7.52. The number of ether oxygens (including phenoxy) is 2. The Labute approximate surface area is 139 Å². The summed E-state index contributed by atoms with van der Waals surface area (Å²) in [5, 5.41) is 0.743. The quantitative estimate of drug-likeness (QED) is 0.546. The van der Waals surface area contributed by atoms with E-state index in [1.165, 1.54) is 7.11 Å². The standard InChI is InChI=1S/C19H17NO4/c1-13-7-9-14(10-8-13)24-18(21)12-20-11-16(19(22)23-2)15-5-3-4-6-17(15)20/h3-11H,12H2,1-2H3. The van der Waals surface area contributed by atoms with Gasteiger partial charge in [-0.1, -0.05) is 35.9 Å². The second-order valence-electron chi connectivity index (χ2n) is 5.47. The molecule has 1 heterocycles. The van der Waals surface area contributed by atoms with Gasteiger partial charge in [0.25, 0.3) is 0 Å². The first kappa shape index (κ1) is 15.8. The summed E-state index contributed by atoms with van der Waals surface area (Å²) in [6, 6.07) is 14.6. The zero-order chi connectivity index (χ0) is 17.1. The van der Waals surface area contributed by atoms with E-state index in [9.17, 15) is 9.59 Å². The van der Waals surface area contributed by atoms with Crippen molar-refractivity contribution in [2.24, 2.45) is 0 Å². The van der Waals surface area contributed by atoms with Crippen molar-refractivity contribution in [2.45, 2.75) is 13.5 Å². The van der Waals surface area contributed by atoms with Crippen LogP contribution < -0.4 is 4.74 Å². The van der Waals surface area contributed by atoms with E-state index in [-0.39, 0.29) is 6.54 Å². The third-order valence-electron chi connectivity index (χ3n) is 3.75. The summed E-state index contributed by atoms with van der Waals surface area (Å²) in [6.45, 7) is 1.97. The van der Waals surface area contributed by atoms with E-state index < -0.39 is 11.9 Å². The number of fused-ring (bicyclic) bond motifs is 1. The molecule has 5 nitrogen and oxygen atoms in total. The highest BCUT2D eigenvalue weighted by Crippen LogP contribution is 2.22. The van der Waals surface area contributed by atoms with Gasteiger partial charge in [-0.05, 0) is 25.1 Å². The molecule has 0 aliphatic heterocycles. The van der Waals surface area contributed by atoms with Crippen LogP contribution in [-0.2, 0) is 16.1 Å². The van der Waals surface area contributed by atoms with E-state index in [4.69, 9.17) is 9.47 Å². The fraction of sp³-hybridized carbons (Fsp3) is 0.158. The van der Waals surface area contributed by atoms with Gasteiger partial charge in [-0.3, -0.25) is 0 Å². The number of carbonyl (C=O) groups is 2. The zero-order valence-electron chi connectivity index (χ0n) is 13.5. The summed E-state index contributed by atoms with van der Waals surface area (Å²) in [4.78, 5) is 24.1. The third-order valence-corrected chi connectivity index (χ3v) is 3.75. The predicted octanol–water partition coefficient (Wildman–Crippen LogP) is 3.34. The summed E-state index contributed by atoms with van der Waals surface area (Å²) in [5.41, 5.74) is 2.30. The molecule has 0 saturated heterocycles. The Kier molecular flexibility index (Phi) is 4.33. The van der Waals surface area contributed by atoms with E-state index in [0.717, 1.165) is 16.5 Å². The number of para-hydroxylation sites is 1. The molecule has 3 rings (SSSR count). The largest absolute Gasteiger partial charge is 0.465 e. The fourth-order valence-electron chi connectivity index (χ4n) is 2.56. The Morgan fingerprint density at radius 3 is 2.46 bits per heavy atom. The molecule has 0 unspecified atom stereocenters. The van der Waals surface area contributed by atoms with Crippen LogP contribution in [0.5, 0.6) is 5.75 Å². The van der Waals surface area contributed by atoms with Crippen LogP contribution in [0.3, 0.4) is 0 Å². The van der Waals surface area contributed by atoms with Crippen molar-refractivity contribution in [1.29, 1.82) is 0 Å². The maximum absolute atomic E-state index is 12.2. The van der Waals surface area contributed by atoms with Crippen molar-refractivity contribution in [3.05, 3.63) is 65.9 Å². The Morgan fingerprint density at radius 1 is 1.04 bits per heavy atom. The topological polar surface area (TPSA) is 57.5 Å². The maximum Gasteiger partial charge on any atom is 0.340 e. The number of aryl methyl sites for hydroxylation is 1. The Hall–Kier alpha value is -3.08. The Balaban J connectivity index is 1.85. The van der Waals surface area contributed by atoms with E-state index in [0.29, 0.717) is 11.3 Å². The molecule has 0 radical (unpaired) electrons. The molecule has 1 aromatic heterocycles. The molecule has 5 heteroatoms. The van der Waals surface area contributed by atoms with Crippen LogP contribution in [-0.4, -0.2) is 23.6 Å². The molecule has 24 heavy (non-hydrogen) atoms. The van der Waals surface area contributed by atoms with Gasteiger partial charge in [0.15, 0.2) is 0 Å². The number of aromatic nitrogens is 1. The molecular weight excluding hydrogens is 306 g/mol. The summed E-state index contributed by atoms with van der Waals surface area (Å²) >= 11 is 0. The molecule has 2 aromatic carbocycles. The van der Waals surface area contributed by atoms with Crippen LogP contribution >= 0.6 is 0 Å². The summed E-state index contributed by atoms with van der Waals surface area (Å²) in [7, 11) is 1.33. The van der Waals surface area contributed by atoms with Crippen molar-refractivity contribution in [3.63, 3.8) is 0 Å². The number of esters is 2. The van der Waals surface area contributed by atoms with Gasteiger partial charge in [0.05, 0.1) is 12.7 Å². The Morgan fingerprint density at radius 2 is 1.75 bits per heavy atom. The smallest absolute Gasteiger partial charge is 0.340 e. The number of methoxy groups -OCH3 is 1. The minimum absolute atomic E-state index is 0.00534. The molecule has 0 aliphatic carbocycles. The van der Waals surface area contributed by atoms with Gasteiger partial charge in [0, 0.05) is 17.1 Å². The highest BCUT2D eigenvalue weighted by Gasteiger charge is 2.17. The van der Waals surface area contributed by atoms with Gasteiger partial charge in [-0.25, -0.2) is 9.59 Å². The number of nitrogens with zero attached hydrogens (tertiary/aromatic N) is 1. The van der Waals surface area contributed by atoms with Crippen molar-refractivity contribution >= 4 is 22.8 Å². The third kappa shape index (κ3) is 3.15. The van der Waals surface area contributed by atoms with Crippen LogP contribution in [0.2, 0.25) is 0 Å². The molecule has 0 aliphatic rings. The summed E-state index contributed by atoms with van der Waals surface area (Å²) in [5.74, 6) is -0.344. The molecule has 0 bridgehead atoms. The van der Waals surface area contributed by atoms with Crippen LogP contribution in [0.25, 0.3) is 10.9 Å². The Bertz CT molecular complexity index is 893. The van der Waals surface area contributed by atoms with Crippen LogP contribution in [0.1, 0.15) is 15.9 Å². The molecule has 122 valence electrons. The highest BCUT2D eigenvalue weighted by atomic mass is 16.5. The molecule has 0 spiro atoms. The minimum Gasteiger partial charge on any atom is -0.465 e. The first-order chi connectivity index (χ1) is 11.6. The molecule has 0 atom stereocenters. The molecule has 0 N–H and O–H groups in total. The SMILES string of the molecule is COC(=O)c1cn(CC(=O)Oc2ccc(C)cc2)c2ccccc12. The molecule has 0 saturated carbocycles. The van der Waals surface area contributed by atoms with Gasteiger partial charge >= 0.3 is 11.9 Å². The first-order valence-corrected chi connectivity index (χ1v) is 7.52. The van der Waals surface area contributed by atoms with Gasteiger partial charge in [0.1, 0.15) is 12.3 Å². The van der Waals surface area contributed by atoms with E-state index in [1.54, 1.807) is 22.9 Å². The molecule has 0 amide bonds. The maximum atomic E-state index is 12.2. The number of rotatable bonds is 4. The number of hydrogen-bond donors (Lipinski definition) is 0. The van der Waals surface area contributed by atoms with E-state index in [1.807, 2.05) is 43.3 Å². The lowest BCUT2D eigenvalue weighted by atomic mass is 10.2.